The summed E-state index contributed by atoms with van der Waals surface area (Å²) in [5.41, 5.74) is 1.36. The Balaban J connectivity index is 1.84. The number of benzene rings is 3. The molecule has 0 aliphatic carbocycles. The first kappa shape index (κ1) is 21.5. The number of halogens is 2. The van der Waals surface area contributed by atoms with Crippen LogP contribution in [0.25, 0.3) is 0 Å². The Hall–Kier alpha value is -2.19. The van der Waals surface area contributed by atoms with Crippen LogP contribution in [0, 0.1) is 0 Å². The molecule has 0 spiro atoms. The van der Waals surface area contributed by atoms with Crippen molar-refractivity contribution in [2.75, 3.05) is 5.32 Å². The summed E-state index contributed by atoms with van der Waals surface area (Å²) in [6, 6.07) is 21.1. The first-order valence-corrected chi connectivity index (χ1v) is 11.4. The summed E-state index contributed by atoms with van der Waals surface area (Å²) in [5.74, 6) is -0.461. The first-order chi connectivity index (χ1) is 13.8. The van der Waals surface area contributed by atoms with E-state index in [0.29, 0.717) is 10.7 Å². The fourth-order valence-electron chi connectivity index (χ4n) is 2.67. The second kappa shape index (κ2) is 9.54. The van der Waals surface area contributed by atoms with Crippen molar-refractivity contribution in [2.45, 2.75) is 17.4 Å². The molecular formula is C21H18BrClN2O3S. The molecule has 0 aliphatic heterocycles. The van der Waals surface area contributed by atoms with Crippen LogP contribution in [0.1, 0.15) is 5.56 Å². The van der Waals surface area contributed by atoms with Crippen LogP contribution in [0.4, 0.5) is 5.69 Å². The molecule has 8 heteroatoms. The van der Waals surface area contributed by atoms with Crippen LogP contribution in [0.15, 0.2) is 88.2 Å². The maximum absolute atomic E-state index is 12.9. The van der Waals surface area contributed by atoms with Gasteiger partial charge < -0.3 is 5.32 Å². The van der Waals surface area contributed by atoms with Gasteiger partial charge in [-0.2, -0.15) is 4.72 Å². The van der Waals surface area contributed by atoms with Gasteiger partial charge in [0.1, 0.15) is 6.04 Å². The Morgan fingerprint density at radius 2 is 1.55 bits per heavy atom. The number of nitrogens with one attached hydrogen (secondary N) is 2. The van der Waals surface area contributed by atoms with E-state index < -0.39 is 22.0 Å². The van der Waals surface area contributed by atoms with Crippen molar-refractivity contribution in [1.29, 1.82) is 0 Å². The molecule has 150 valence electrons. The fourth-order valence-corrected chi connectivity index (χ4v) is 4.26. The van der Waals surface area contributed by atoms with E-state index in [1.807, 2.05) is 30.3 Å². The van der Waals surface area contributed by atoms with E-state index in [0.717, 1.165) is 10.0 Å². The quantitative estimate of drug-likeness (QED) is 0.504. The Kier molecular flexibility index (Phi) is 7.08. The van der Waals surface area contributed by atoms with Gasteiger partial charge in [-0.05, 0) is 60.5 Å². The van der Waals surface area contributed by atoms with Gasteiger partial charge in [-0.15, -0.1) is 0 Å². The van der Waals surface area contributed by atoms with E-state index in [9.17, 15) is 13.2 Å². The lowest BCUT2D eigenvalue weighted by Gasteiger charge is -2.19. The largest absolute Gasteiger partial charge is 0.325 e. The van der Waals surface area contributed by atoms with Gasteiger partial charge in [0.2, 0.25) is 15.9 Å². The number of carbonyl (C=O) groups is 1. The van der Waals surface area contributed by atoms with E-state index in [4.69, 9.17) is 11.6 Å². The summed E-state index contributed by atoms with van der Waals surface area (Å²) in [4.78, 5) is 13.0. The Morgan fingerprint density at radius 1 is 0.931 bits per heavy atom. The number of hydrogen-bond donors (Lipinski definition) is 2. The average Bonchev–Trinajstić information content (AvgIpc) is 2.70. The fraction of sp³-hybridized carbons (Fsp3) is 0.0952. The molecule has 0 bridgehead atoms. The van der Waals surface area contributed by atoms with Crippen LogP contribution >= 0.6 is 27.5 Å². The van der Waals surface area contributed by atoms with Crippen LogP contribution in [0.2, 0.25) is 5.02 Å². The zero-order valence-corrected chi connectivity index (χ0v) is 18.3. The van der Waals surface area contributed by atoms with E-state index in [1.165, 1.54) is 12.1 Å². The summed E-state index contributed by atoms with van der Waals surface area (Å²) in [7, 11) is -3.89. The molecule has 29 heavy (non-hydrogen) atoms. The normalized spacial score (nSPS) is 12.3. The third kappa shape index (κ3) is 6.14. The number of rotatable bonds is 7. The zero-order valence-electron chi connectivity index (χ0n) is 15.2. The van der Waals surface area contributed by atoms with E-state index in [2.05, 4.69) is 26.0 Å². The first-order valence-electron chi connectivity index (χ1n) is 8.72. The van der Waals surface area contributed by atoms with Crippen LogP contribution < -0.4 is 10.0 Å². The van der Waals surface area contributed by atoms with Crippen molar-refractivity contribution < 1.29 is 13.2 Å². The second-order valence-electron chi connectivity index (χ2n) is 6.31. The standard InChI is InChI=1S/C21H18BrClN2O3S/c22-16-6-12-19(13-7-16)29(27,28)25-20(14-15-4-2-1-3-5-15)21(26)24-18-10-8-17(23)9-11-18/h1-13,20,25H,14H2,(H,24,26). The molecular weight excluding hydrogens is 476 g/mol. The monoisotopic (exact) mass is 492 g/mol. The van der Waals surface area contributed by atoms with Gasteiger partial charge >= 0.3 is 0 Å². The van der Waals surface area contributed by atoms with Gasteiger partial charge in [-0.25, -0.2) is 8.42 Å². The van der Waals surface area contributed by atoms with Gasteiger partial charge in [0.15, 0.2) is 0 Å². The van der Waals surface area contributed by atoms with Gasteiger partial charge in [0.25, 0.3) is 0 Å². The highest BCUT2D eigenvalue weighted by molar-refractivity contribution is 9.10. The minimum atomic E-state index is -3.89. The lowest BCUT2D eigenvalue weighted by atomic mass is 10.1. The van der Waals surface area contributed by atoms with E-state index in [1.54, 1.807) is 36.4 Å². The molecule has 0 aromatic heterocycles. The van der Waals surface area contributed by atoms with Gasteiger partial charge in [-0.1, -0.05) is 57.9 Å². The lowest BCUT2D eigenvalue weighted by Crippen LogP contribution is -2.45. The summed E-state index contributed by atoms with van der Waals surface area (Å²) < 4.78 is 28.9. The highest BCUT2D eigenvalue weighted by atomic mass is 79.9. The second-order valence-corrected chi connectivity index (χ2v) is 9.38. The van der Waals surface area contributed by atoms with E-state index in [-0.39, 0.29) is 11.3 Å². The highest BCUT2D eigenvalue weighted by Crippen LogP contribution is 2.17. The van der Waals surface area contributed by atoms with Crippen LogP contribution in [-0.4, -0.2) is 20.4 Å². The third-order valence-electron chi connectivity index (χ3n) is 4.13. The number of anilines is 1. The molecule has 2 N–H and O–H groups in total. The van der Waals surface area contributed by atoms with Crippen molar-refractivity contribution >= 4 is 49.1 Å². The zero-order chi connectivity index (χ0) is 20.9. The molecule has 0 saturated carbocycles. The minimum Gasteiger partial charge on any atom is -0.325 e. The lowest BCUT2D eigenvalue weighted by molar-refractivity contribution is -0.117. The molecule has 0 radical (unpaired) electrons. The Labute approximate surface area is 183 Å². The van der Waals surface area contributed by atoms with Gasteiger partial charge in [0, 0.05) is 15.2 Å². The van der Waals surface area contributed by atoms with Crippen molar-refractivity contribution in [2.24, 2.45) is 0 Å². The maximum atomic E-state index is 12.9. The molecule has 1 unspecified atom stereocenters. The number of amides is 1. The van der Waals surface area contributed by atoms with Crippen molar-refractivity contribution in [3.8, 4) is 0 Å². The molecule has 5 nitrogen and oxygen atoms in total. The molecule has 0 aliphatic rings. The maximum Gasteiger partial charge on any atom is 0.242 e. The summed E-state index contributed by atoms with van der Waals surface area (Å²) in [6.07, 6.45) is 0.204. The molecule has 3 aromatic rings. The Morgan fingerprint density at radius 3 is 2.17 bits per heavy atom. The van der Waals surface area contributed by atoms with Gasteiger partial charge in [-0.3, -0.25) is 4.79 Å². The van der Waals surface area contributed by atoms with Crippen LogP contribution in [0.5, 0.6) is 0 Å². The SMILES string of the molecule is O=C(Nc1ccc(Cl)cc1)C(Cc1ccccc1)NS(=O)(=O)c1ccc(Br)cc1. The molecule has 1 amide bonds. The minimum absolute atomic E-state index is 0.0815. The van der Waals surface area contributed by atoms with Crippen molar-refractivity contribution in [3.63, 3.8) is 0 Å². The summed E-state index contributed by atoms with van der Waals surface area (Å²) in [6.45, 7) is 0. The summed E-state index contributed by atoms with van der Waals surface area (Å²) >= 11 is 9.16. The van der Waals surface area contributed by atoms with Crippen molar-refractivity contribution in [3.05, 3.63) is 93.9 Å². The average molecular weight is 494 g/mol. The van der Waals surface area contributed by atoms with Crippen LogP contribution in [0.3, 0.4) is 0 Å². The summed E-state index contributed by atoms with van der Waals surface area (Å²) in [5, 5.41) is 3.28. The molecule has 3 rings (SSSR count). The van der Waals surface area contributed by atoms with Gasteiger partial charge in [0.05, 0.1) is 4.90 Å². The predicted octanol–water partition coefficient (Wildman–Crippen LogP) is 4.63. The molecule has 1 atom stereocenters. The predicted molar refractivity (Wildman–Crippen MR) is 118 cm³/mol. The van der Waals surface area contributed by atoms with Crippen molar-refractivity contribution in [1.82, 2.24) is 4.72 Å². The molecule has 3 aromatic carbocycles. The number of carbonyl (C=O) groups excluding carboxylic acids is 1. The topological polar surface area (TPSA) is 75.3 Å². The Bertz CT molecular complexity index is 1070. The van der Waals surface area contributed by atoms with E-state index >= 15 is 0 Å². The smallest absolute Gasteiger partial charge is 0.242 e. The van der Waals surface area contributed by atoms with Crippen LogP contribution in [-0.2, 0) is 21.2 Å². The third-order valence-corrected chi connectivity index (χ3v) is 6.40. The molecule has 0 heterocycles. The molecule has 0 fully saturated rings. The highest BCUT2D eigenvalue weighted by Gasteiger charge is 2.26. The molecule has 0 saturated heterocycles. The number of sulfonamides is 1. The number of hydrogen-bond acceptors (Lipinski definition) is 3.